The second-order valence-electron chi connectivity index (χ2n) is 3.49. The molecule has 0 aliphatic heterocycles. The first-order valence-corrected chi connectivity index (χ1v) is 4.59. The van der Waals surface area contributed by atoms with Gasteiger partial charge in [-0.3, -0.25) is 9.59 Å². The molecule has 0 spiro atoms. The molecule has 1 rings (SSSR count). The van der Waals surface area contributed by atoms with E-state index in [9.17, 15) is 9.59 Å². The molecule has 1 fully saturated rings. The Balaban J connectivity index is 2.33. The topological polar surface area (TPSA) is 66.4 Å². The number of carboxylic acids is 1. The van der Waals surface area contributed by atoms with Crippen molar-refractivity contribution in [3.63, 3.8) is 0 Å². The van der Waals surface area contributed by atoms with Gasteiger partial charge >= 0.3 is 5.97 Å². The van der Waals surface area contributed by atoms with Crippen LogP contribution in [0.25, 0.3) is 0 Å². The third-order valence-electron chi connectivity index (χ3n) is 2.41. The van der Waals surface area contributed by atoms with Gasteiger partial charge in [-0.05, 0) is 19.3 Å². The minimum atomic E-state index is -0.779. The zero-order valence-corrected chi connectivity index (χ0v) is 7.82. The number of amides is 1. The fraction of sp³-hybridized carbons (Fsp3) is 0.600. The van der Waals surface area contributed by atoms with Crippen LogP contribution in [-0.4, -0.2) is 23.0 Å². The van der Waals surface area contributed by atoms with Crippen molar-refractivity contribution < 1.29 is 14.7 Å². The molecule has 2 N–H and O–H groups in total. The summed E-state index contributed by atoms with van der Waals surface area (Å²) in [5, 5.41) is 11.4. The van der Waals surface area contributed by atoms with E-state index in [2.05, 4.69) is 11.2 Å². The van der Waals surface area contributed by atoms with E-state index >= 15 is 0 Å². The molecule has 1 aliphatic rings. The second-order valence-corrected chi connectivity index (χ2v) is 3.49. The van der Waals surface area contributed by atoms with Gasteiger partial charge < -0.3 is 10.4 Å². The predicted molar refractivity (Wildman–Crippen MR) is 50.4 cm³/mol. The van der Waals surface area contributed by atoms with Gasteiger partial charge in [0.2, 0.25) is 5.91 Å². The summed E-state index contributed by atoms with van der Waals surface area (Å²) in [7, 11) is 0. The first kappa shape index (κ1) is 10.6. The van der Waals surface area contributed by atoms with Crippen LogP contribution in [0.5, 0.6) is 0 Å². The maximum Gasteiger partial charge on any atom is 0.306 e. The summed E-state index contributed by atoms with van der Waals surface area (Å²) in [5.41, 5.74) is 0. The van der Waals surface area contributed by atoms with Crippen molar-refractivity contribution in [2.45, 2.75) is 31.7 Å². The molecular weight excluding hydrogens is 182 g/mol. The largest absolute Gasteiger partial charge is 0.481 e. The van der Waals surface area contributed by atoms with Gasteiger partial charge in [-0.1, -0.05) is 5.92 Å². The summed E-state index contributed by atoms with van der Waals surface area (Å²) < 4.78 is 0. The minimum absolute atomic E-state index is 0.0167. The van der Waals surface area contributed by atoms with Gasteiger partial charge in [0, 0.05) is 6.04 Å². The Morgan fingerprint density at radius 1 is 1.50 bits per heavy atom. The van der Waals surface area contributed by atoms with E-state index in [1.54, 1.807) is 0 Å². The number of aliphatic carboxylic acids is 1. The van der Waals surface area contributed by atoms with E-state index in [1.807, 2.05) is 0 Å². The summed E-state index contributed by atoms with van der Waals surface area (Å²) in [6.07, 6.45) is 6.92. The average molecular weight is 195 g/mol. The van der Waals surface area contributed by atoms with Crippen molar-refractivity contribution in [3.8, 4) is 12.3 Å². The highest BCUT2D eigenvalue weighted by molar-refractivity contribution is 5.79. The van der Waals surface area contributed by atoms with Crippen LogP contribution in [0.3, 0.4) is 0 Å². The van der Waals surface area contributed by atoms with Crippen LogP contribution >= 0.6 is 0 Å². The lowest BCUT2D eigenvalue weighted by Crippen LogP contribution is -2.32. The number of carbonyl (C=O) groups is 2. The van der Waals surface area contributed by atoms with Crippen LogP contribution in [-0.2, 0) is 9.59 Å². The fourth-order valence-electron chi connectivity index (χ4n) is 1.71. The maximum atomic E-state index is 11.1. The Bertz CT molecular complexity index is 280. The first-order valence-electron chi connectivity index (χ1n) is 4.59. The summed E-state index contributed by atoms with van der Waals surface area (Å²) in [6.45, 7) is 0. The summed E-state index contributed by atoms with van der Waals surface area (Å²) in [6, 6.07) is -0.0167. The lowest BCUT2D eigenvalue weighted by atomic mass is 10.1. The maximum absolute atomic E-state index is 11.1. The standard InChI is InChI=1S/C10H13NO3/c1-2-3-9(12)11-8-5-4-7(6-8)10(13)14/h1,7-8H,3-6H2,(H,11,12)(H,13,14)/t7-,8+/m1/s1. The Morgan fingerprint density at radius 2 is 2.21 bits per heavy atom. The van der Waals surface area contributed by atoms with E-state index in [0.29, 0.717) is 12.8 Å². The van der Waals surface area contributed by atoms with Gasteiger partial charge in [-0.15, -0.1) is 6.42 Å². The Hall–Kier alpha value is -1.50. The molecule has 0 bridgehead atoms. The Morgan fingerprint density at radius 3 is 2.71 bits per heavy atom. The molecular formula is C10H13NO3. The lowest BCUT2D eigenvalue weighted by molar-refractivity contribution is -0.141. The van der Waals surface area contributed by atoms with E-state index < -0.39 is 5.97 Å². The Kier molecular flexibility index (Phi) is 3.52. The molecule has 0 radical (unpaired) electrons. The fourth-order valence-corrected chi connectivity index (χ4v) is 1.71. The highest BCUT2D eigenvalue weighted by Crippen LogP contribution is 2.25. The quantitative estimate of drug-likeness (QED) is 0.640. The molecule has 0 heterocycles. The lowest BCUT2D eigenvalue weighted by Gasteiger charge is -2.10. The third kappa shape index (κ3) is 2.77. The molecule has 4 nitrogen and oxygen atoms in total. The van der Waals surface area contributed by atoms with Crippen molar-refractivity contribution in [1.29, 1.82) is 0 Å². The van der Waals surface area contributed by atoms with Crippen LogP contribution in [0, 0.1) is 18.3 Å². The molecule has 4 heteroatoms. The third-order valence-corrected chi connectivity index (χ3v) is 2.41. The van der Waals surface area contributed by atoms with Gasteiger partial charge in [0.25, 0.3) is 0 Å². The molecule has 76 valence electrons. The van der Waals surface area contributed by atoms with Gasteiger partial charge in [0.15, 0.2) is 0 Å². The van der Waals surface area contributed by atoms with Crippen molar-refractivity contribution in [1.82, 2.24) is 5.32 Å². The number of terminal acetylenes is 1. The predicted octanol–water partition coefficient (Wildman–Crippen LogP) is 0.379. The van der Waals surface area contributed by atoms with E-state index in [0.717, 1.165) is 6.42 Å². The van der Waals surface area contributed by atoms with Crippen LogP contribution in [0.4, 0.5) is 0 Å². The van der Waals surface area contributed by atoms with Crippen LogP contribution in [0.1, 0.15) is 25.7 Å². The van der Waals surface area contributed by atoms with Crippen LogP contribution in [0.15, 0.2) is 0 Å². The van der Waals surface area contributed by atoms with Crippen molar-refractivity contribution in [2.24, 2.45) is 5.92 Å². The molecule has 0 aromatic rings. The molecule has 2 atom stereocenters. The molecule has 0 aromatic carbocycles. The van der Waals surface area contributed by atoms with Crippen molar-refractivity contribution in [2.75, 3.05) is 0 Å². The smallest absolute Gasteiger partial charge is 0.306 e. The Labute approximate surface area is 82.7 Å². The van der Waals surface area contributed by atoms with Crippen LogP contribution < -0.4 is 5.32 Å². The van der Waals surface area contributed by atoms with Gasteiger partial charge in [-0.25, -0.2) is 0 Å². The van der Waals surface area contributed by atoms with Crippen molar-refractivity contribution in [3.05, 3.63) is 0 Å². The molecule has 0 saturated heterocycles. The van der Waals surface area contributed by atoms with Gasteiger partial charge in [0.1, 0.15) is 0 Å². The molecule has 1 aliphatic carbocycles. The molecule has 0 aromatic heterocycles. The molecule has 14 heavy (non-hydrogen) atoms. The average Bonchev–Trinajstić information content (AvgIpc) is 2.53. The molecule has 1 amide bonds. The number of rotatable bonds is 3. The normalized spacial score (nSPS) is 25.4. The number of carbonyl (C=O) groups excluding carboxylic acids is 1. The summed E-state index contributed by atoms with van der Waals surface area (Å²) >= 11 is 0. The van der Waals surface area contributed by atoms with E-state index in [1.165, 1.54) is 0 Å². The minimum Gasteiger partial charge on any atom is -0.481 e. The second kappa shape index (κ2) is 4.66. The zero-order valence-electron chi connectivity index (χ0n) is 7.82. The number of hydrogen-bond acceptors (Lipinski definition) is 2. The highest BCUT2D eigenvalue weighted by Gasteiger charge is 2.30. The molecule has 0 unspecified atom stereocenters. The van der Waals surface area contributed by atoms with E-state index in [4.69, 9.17) is 11.5 Å². The SMILES string of the molecule is C#CCC(=O)N[C@H]1CC[C@@H](C(=O)O)C1. The summed E-state index contributed by atoms with van der Waals surface area (Å²) in [5.74, 6) is 0.963. The van der Waals surface area contributed by atoms with Gasteiger partial charge in [-0.2, -0.15) is 0 Å². The highest BCUT2D eigenvalue weighted by atomic mass is 16.4. The monoisotopic (exact) mass is 195 g/mol. The van der Waals surface area contributed by atoms with Crippen LogP contribution in [0.2, 0.25) is 0 Å². The number of nitrogens with one attached hydrogen (secondary N) is 1. The number of carboxylic acid groups (broad SMARTS) is 1. The molecule has 1 saturated carbocycles. The van der Waals surface area contributed by atoms with Gasteiger partial charge in [0.05, 0.1) is 12.3 Å². The van der Waals surface area contributed by atoms with E-state index in [-0.39, 0.29) is 24.3 Å². The number of hydrogen-bond donors (Lipinski definition) is 2. The summed E-state index contributed by atoms with van der Waals surface area (Å²) in [4.78, 5) is 21.7. The zero-order chi connectivity index (χ0) is 10.6. The first-order chi connectivity index (χ1) is 6.63. The van der Waals surface area contributed by atoms with Crippen molar-refractivity contribution >= 4 is 11.9 Å².